The third kappa shape index (κ3) is 21.7. The number of nitrogens with zero attached hydrogens (tertiary/aromatic N) is 7. The van der Waals surface area contributed by atoms with Gasteiger partial charge in [-0.25, -0.2) is 18.8 Å². The molecule has 1 aromatic heterocycles. The smallest absolute Gasteiger partial charge is 0.410 e. The van der Waals surface area contributed by atoms with E-state index in [2.05, 4.69) is 26.4 Å². The first-order chi connectivity index (χ1) is 44.0. The average Bonchev–Trinajstić information content (AvgIpc) is 1.74. The summed E-state index contributed by atoms with van der Waals surface area (Å²) < 4.78 is 34.6. The number of hydrogen-bond acceptors (Lipinski definition) is 16. The van der Waals surface area contributed by atoms with E-state index in [9.17, 15) is 53.4 Å². The molecule has 9 amide bonds. The second-order valence-electron chi connectivity index (χ2n) is 24.2. The maximum absolute atomic E-state index is 15.3. The third-order valence-electron chi connectivity index (χ3n) is 16.7. The van der Waals surface area contributed by atoms with Gasteiger partial charge >= 0.3 is 24.2 Å². The molecule has 0 saturated carbocycles. The predicted molar refractivity (Wildman–Crippen MR) is 338 cm³/mol. The number of nitrogens with one attached hydrogen (secondary N) is 4. The van der Waals surface area contributed by atoms with Crippen LogP contribution in [0.2, 0.25) is 0 Å². The minimum atomic E-state index is -1.08. The molecule has 3 aromatic rings. The van der Waals surface area contributed by atoms with Gasteiger partial charge in [0.1, 0.15) is 49.5 Å². The molecule has 4 aliphatic heterocycles. The highest BCUT2D eigenvalue weighted by molar-refractivity contribution is 5.98. The first-order valence-electron chi connectivity index (χ1n) is 31.6. The van der Waals surface area contributed by atoms with Crippen molar-refractivity contribution in [2.45, 2.75) is 142 Å². The Balaban J connectivity index is 0.877. The molecule has 8 N–H and O–H groups in total. The minimum Gasteiger partial charge on any atom is -0.457 e. The number of halogens is 1. The molecule has 1 unspecified atom stereocenters. The largest absolute Gasteiger partial charge is 0.457 e. The highest BCUT2D eigenvalue weighted by Gasteiger charge is 2.33. The van der Waals surface area contributed by atoms with E-state index in [0.29, 0.717) is 86.5 Å². The van der Waals surface area contributed by atoms with Gasteiger partial charge in [0.2, 0.25) is 29.5 Å². The lowest BCUT2D eigenvalue weighted by Gasteiger charge is -2.36. The Labute approximate surface area is 535 Å². The summed E-state index contributed by atoms with van der Waals surface area (Å²) in [7, 11) is 0. The van der Waals surface area contributed by atoms with Gasteiger partial charge in [-0.05, 0) is 123 Å². The van der Waals surface area contributed by atoms with E-state index < -0.39 is 84.4 Å². The topological polar surface area (TPSA) is 330 Å². The van der Waals surface area contributed by atoms with Crippen LogP contribution in [0.15, 0.2) is 90.8 Å². The molecule has 4 aliphatic rings. The number of cyclic esters (lactones) is 1. The molecule has 0 aliphatic carbocycles. The predicted octanol–water partition coefficient (Wildman–Crippen LogP) is 4.81. The highest BCUT2D eigenvalue weighted by atomic mass is 19.1. The zero-order valence-electron chi connectivity index (χ0n) is 53.1. The summed E-state index contributed by atoms with van der Waals surface area (Å²) in [5, 5.41) is 35.8. The van der Waals surface area contributed by atoms with Crippen LogP contribution in [0, 0.1) is 23.6 Å². The zero-order chi connectivity index (χ0) is 66.4. The molecule has 92 heavy (non-hydrogen) atoms. The van der Waals surface area contributed by atoms with E-state index in [1.54, 1.807) is 85.2 Å². The number of carbonyl (C=O) groups excluding carboxylic acids is 9. The molecular weight excluding hydrogens is 1190 g/mol. The van der Waals surface area contributed by atoms with Crippen LogP contribution in [0.4, 0.5) is 30.1 Å². The first kappa shape index (κ1) is 70.6. The molecule has 500 valence electrons. The van der Waals surface area contributed by atoms with Crippen molar-refractivity contribution in [2.24, 2.45) is 23.5 Å². The van der Waals surface area contributed by atoms with Gasteiger partial charge in [-0.1, -0.05) is 58.4 Å². The number of primary amides is 1. The molecular formula is C65H89FN12O14. The lowest BCUT2D eigenvalue weighted by Crippen LogP contribution is -2.54. The van der Waals surface area contributed by atoms with E-state index in [-0.39, 0.29) is 108 Å². The molecule has 2 fully saturated rings. The van der Waals surface area contributed by atoms with Gasteiger partial charge in [0.05, 0.1) is 12.5 Å². The fourth-order valence-electron chi connectivity index (χ4n) is 11.2. The van der Waals surface area contributed by atoms with E-state index in [1.165, 1.54) is 39.0 Å². The lowest BCUT2D eigenvalue weighted by atomic mass is 9.91. The van der Waals surface area contributed by atoms with E-state index in [1.807, 2.05) is 30.9 Å². The molecule has 0 radical (unpaired) electrons. The van der Waals surface area contributed by atoms with Gasteiger partial charge in [0, 0.05) is 108 Å². The molecule has 2 saturated heterocycles. The van der Waals surface area contributed by atoms with Crippen LogP contribution in [-0.2, 0) is 56.1 Å². The monoisotopic (exact) mass is 1280 g/mol. The number of nitrogens with two attached hydrogens (primary N) is 1. The van der Waals surface area contributed by atoms with Crippen molar-refractivity contribution in [1.29, 1.82) is 0 Å². The maximum atomic E-state index is 15.3. The summed E-state index contributed by atoms with van der Waals surface area (Å²) in [6.07, 6.45) is 9.26. The number of esters is 1. The van der Waals surface area contributed by atoms with Gasteiger partial charge in [-0.3, -0.25) is 33.4 Å². The zero-order valence-corrected chi connectivity index (χ0v) is 53.1. The SMILES string of the molecule is C/C(=C\c1cc(F)cc(N2CCN(C(=O)Cn3cccn3)CC2)c1)[C@H]1OC(=O)C[C@H](O)CC[C@H](C)[C@@H](OC(=O)N2CCN(C(=O)OCc3ccc(NC(=O)[C@H](CCCNC(N)=O)NC(=O)[C@@H](NC(=O)CCCCCN4C(=O)C=CC4O)C(C)C)cc3)CC2)/C=C/[C@@H]1C. The van der Waals surface area contributed by atoms with Crippen molar-refractivity contribution >= 4 is 71.2 Å². The number of unbranched alkanes of at least 4 members (excludes halogenated alkanes) is 2. The van der Waals surface area contributed by atoms with Gasteiger partial charge in [0.15, 0.2) is 0 Å². The normalized spacial score (nSPS) is 21.7. The van der Waals surface area contributed by atoms with Crippen LogP contribution in [0.25, 0.3) is 6.08 Å². The van der Waals surface area contributed by atoms with Crippen molar-refractivity contribution in [3.8, 4) is 0 Å². The molecule has 0 spiro atoms. The Morgan fingerprint density at radius 1 is 0.837 bits per heavy atom. The van der Waals surface area contributed by atoms with E-state index in [4.69, 9.17) is 19.9 Å². The number of benzene rings is 2. The van der Waals surface area contributed by atoms with Gasteiger partial charge in [0.25, 0.3) is 0 Å². The number of anilines is 2. The molecule has 8 atom stereocenters. The molecule has 5 heterocycles. The van der Waals surface area contributed by atoms with Crippen LogP contribution in [0.5, 0.6) is 0 Å². The number of aliphatic hydroxyl groups is 2. The fourth-order valence-corrected chi connectivity index (χ4v) is 11.2. The molecule has 26 nitrogen and oxygen atoms in total. The van der Waals surface area contributed by atoms with Gasteiger partial charge in [-0.15, -0.1) is 0 Å². The number of piperazine rings is 2. The summed E-state index contributed by atoms with van der Waals surface area (Å²) in [4.78, 5) is 125. The second-order valence-corrected chi connectivity index (χ2v) is 24.2. The second kappa shape index (κ2) is 34.5. The standard InChI is InChI=1S/C65H89FN12O14/c1-42(2)59(72-54(80)12-7-6-8-26-78-55(81)21-22-56(78)82)62(86)71-52(11-9-23-68-63(67)87)61(85)70-49-17-15-46(16-18-49)41-90-64(88)75-31-33-76(34-32-75)65(89)91-53-20-14-44(4)60(92-58(84)39-51(79)19-13-43(53)3)45(5)35-47-36-48(66)38-50(37-47)73-27-29-74(30-28-73)57(83)40-77-25-10-24-69-77/h10,14-18,20-22,24-25,35-38,42-44,51-53,55,59-60,79,81H,6-9,11-13,19,23,26-34,39-41H2,1-5H3,(H,70,85)(H,71,86)(H,72,80)(H3,67,68,87)/b20-14+,45-35+/t43-,44-,51+,52-,53-,55?,59-,60-/m0/s1. The number of aliphatic hydroxyl groups excluding tert-OH is 2. The van der Waals surface area contributed by atoms with E-state index in [0.717, 1.165) is 0 Å². The quantitative estimate of drug-likeness (QED) is 0.0274. The third-order valence-corrected chi connectivity index (χ3v) is 16.7. The molecule has 27 heteroatoms. The van der Waals surface area contributed by atoms with Crippen molar-refractivity contribution < 1.29 is 72.0 Å². The molecule has 7 rings (SSSR count). The highest BCUT2D eigenvalue weighted by Crippen LogP contribution is 2.29. The Morgan fingerprint density at radius 3 is 2.21 bits per heavy atom. The number of amides is 9. The minimum absolute atomic E-state index is 0.0523. The Bertz CT molecular complexity index is 3110. The van der Waals surface area contributed by atoms with Gasteiger partial charge < -0.3 is 75.9 Å². The lowest BCUT2D eigenvalue weighted by molar-refractivity contribution is -0.151. The number of urea groups is 1. The first-order valence-corrected chi connectivity index (χ1v) is 31.6. The average molecular weight is 1280 g/mol. The molecule has 2 aromatic carbocycles. The van der Waals surface area contributed by atoms with Crippen LogP contribution in [-0.4, -0.2) is 195 Å². The summed E-state index contributed by atoms with van der Waals surface area (Å²) in [6.45, 7) is 12.1. The summed E-state index contributed by atoms with van der Waals surface area (Å²) in [5.74, 6) is -3.95. The van der Waals surface area contributed by atoms with Gasteiger partial charge in [-0.2, -0.15) is 5.10 Å². The fraction of sp³-hybridized carbons (Fsp3) is 0.538. The van der Waals surface area contributed by atoms with Crippen LogP contribution < -0.4 is 31.9 Å². The van der Waals surface area contributed by atoms with E-state index >= 15 is 4.39 Å². The number of rotatable bonds is 24. The maximum Gasteiger partial charge on any atom is 0.410 e. The van der Waals surface area contributed by atoms with Crippen molar-refractivity contribution in [1.82, 2.24) is 45.3 Å². The van der Waals surface area contributed by atoms with Crippen molar-refractivity contribution in [2.75, 3.05) is 75.7 Å². The Hall–Kier alpha value is -8.85. The van der Waals surface area contributed by atoms with Crippen LogP contribution >= 0.6 is 0 Å². The summed E-state index contributed by atoms with van der Waals surface area (Å²) >= 11 is 0. The molecule has 0 bridgehead atoms. The van der Waals surface area contributed by atoms with Crippen molar-refractivity contribution in [3.63, 3.8) is 0 Å². The van der Waals surface area contributed by atoms with Crippen LogP contribution in [0.3, 0.4) is 0 Å². The number of carbonyl (C=O) groups is 9. The number of aromatic nitrogens is 2. The van der Waals surface area contributed by atoms with Crippen molar-refractivity contribution in [3.05, 3.63) is 108 Å². The summed E-state index contributed by atoms with van der Waals surface area (Å²) in [5.41, 5.74) is 8.01. The number of ether oxygens (including phenoxy) is 3. The van der Waals surface area contributed by atoms with Crippen LogP contribution in [0.1, 0.15) is 104 Å². The Kier molecular flexibility index (Phi) is 26.5. The Morgan fingerprint density at radius 2 is 1.54 bits per heavy atom. The number of hydrogen-bond donors (Lipinski definition) is 7. The summed E-state index contributed by atoms with van der Waals surface area (Å²) in [6, 6.07) is 10.2.